The lowest BCUT2D eigenvalue weighted by Gasteiger charge is -2.73. The number of ether oxygens (including phenoxy) is 4. The number of fused-ring (bicyclic) bond motifs is 21. The predicted molar refractivity (Wildman–Crippen MR) is 531 cm³/mol. The SMILES string of the molecule is C=C(C)[C@@H]1CC[C@]2(C(=O)O)CC[C@]3(C)[C@H](CC[C@@H]4[C@@]5(C)CC[C@@H](c6ccc(C(=O)OC)cc6)C(C)(C)[C@@H]5CC[C@]43C)[C@@H]12.C=C(C)[C@@H]1CC[C@]2(C(=O)O)CC[C@]3(C)[C@H](CC[C@@H]4[C@@]5(C)CC[C@H](c6ccc(C(=O)OC)cc6)C(C)(C)[C@@H]5CC[C@]43C)[C@@H]12.C=C(C)[C@@H]1CC[C@]2(C(=O)OCc3ccccc3)CC[C@]3(C)[C@H](CC[C@@H]4[C@@]5(C)CC=C(c6ccc(C(=O)OC)cc6)C(C)(C)[C@@H]5CC[C@]43C)[C@@H]12. The van der Waals surface area contributed by atoms with Gasteiger partial charge in [0, 0.05) is 0 Å². The summed E-state index contributed by atoms with van der Waals surface area (Å²) in [6.45, 7) is 58.8. The smallest absolute Gasteiger partial charge is 0.337 e. The fraction of sp³-hybridized carbons (Fsp3) is 0.686. The van der Waals surface area contributed by atoms with Crippen molar-refractivity contribution >= 4 is 41.4 Å². The van der Waals surface area contributed by atoms with E-state index in [9.17, 15) is 39.0 Å². The van der Waals surface area contributed by atoms with Crippen LogP contribution in [0.25, 0.3) is 5.57 Å². The molecule has 29 atom stereocenters. The number of benzene rings is 4. The summed E-state index contributed by atoms with van der Waals surface area (Å²) in [6.07, 6.45) is 34.5. The van der Waals surface area contributed by atoms with Crippen molar-refractivity contribution in [3.63, 3.8) is 0 Å². The van der Waals surface area contributed by atoms with Crippen molar-refractivity contribution in [2.45, 2.75) is 329 Å². The Labute approximate surface area is 799 Å². The van der Waals surface area contributed by atoms with E-state index in [0.717, 1.165) is 89.0 Å². The molecule has 722 valence electrons. The van der Waals surface area contributed by atoms with Crippen molar-refractivity contribution < 1.29 is 57.9 Å². The Balaban J connectivity index is 0.000000140. The molecule has 133 heavy (non-hydrogen) atoms. The Morgan fingerprint density at radius 1 is 0.346 bits per heavy atom. The Hall–Kier alpha value is -7.34. The molecule has 2 N–H and O–H groups in total. The van der Waals surface area contributed by atoms with Crippen LogP contribution >= 0.6 is 0 Å². The van der Waals surface area contributed by atoms with E-state index in [4.69, 9.17) is 18.9 Å². The summed E-state index contributed by atoms with van der Waals surface area (Å²) in [6, 6.07) is 34.6. The van der Waals surface area contributed by atoms with Crippen LogP contribution in [0, 0.1) is 170 Å². The molecular weight excluding hydrogens is 1650 g/mol. The summed E-state index contributed by atoms with van der Waals surface area (Å²) in [5.41, 5.74) is 12.6. The summed E-state index contributed by atoms with van der Waals surface area (Å²) < 4.78 is 21.1. The zero-order chi connectivity index (χ0) is 95.9. The van der Waals surface area contributed by atoms with Crippen molar-refractivity contribution in [1.82, 2.24) is 0 Å². The highest BCUT2D eigenvalue weighted by Crippen LogP contribution is 2.83. The van der Waals surface area contributed by atoms with Gasteiger partial charge in [-0.25, -0.2) is 14.4 Å². The van der Waals surface area contributed by atoms with Crippen LogP contribution in [0.15, 0.2) is 146 Å². The molecule has 0 heterocycles. The second-order valence-corrected chi connectivity index (χ2v) is 51.4. The Morgan fingerprint density at radius 3 is 1.05 bits per heavy atom. The molecule has 14 fully saturated rings. The first-order valence-corrected chi connectivity index (χ1v) is 52.5. The zero-order valence-electron chi connectivity index (χ0n) is 85.5. The van der Waals surface area contributed by atoms with Crippen molar-refractivity contribution in [2.24, 2.45) is 170 Å². The lowest BCUT2D eigenvalue weighted by molar-refractivity contribution is -0.239. The third kappa shape index (κ3) is 14.3. The highest BCUT2D eigenvalue weighted by molar-refractivity contribution is 5.91. The first-order valence-electron chi connectivity index (χ1n) is 52.5. The summed E-state index contributed by atoms with van der Waals surface area (Å²) >= 11 is 0. The van der Waals surface area contributed by atoms with E-state index < -0.39 is 28.2 Å². The third-order valence-corrected chi connectivity index (χ3v) is 46.4. The minimum absolute atomic E-state index is 0.0135. The number of rotatable bonds is 14. The second kappa shape index (κ2) is 34.0. The molecule has 12 nitrogen and oxygen atoms in total. The lowest BCUT2D eigenvalue weighted by atomic mass is 9.31. The number of aliphatic carboxylic acids is 2. The van der Waals surface area contributed by atoms with Gasteiger partial charge in [-0.2, -0.15) is 0 Å². The minimum Gasteiger partial charge on any atom is -0.481 e. The number of carboxylic acid groups (broad SMARTS) is 2. The normalized spacial score (nSPS) is 43.1. The molecule has 0 radical (unpaired) electrons. The van der Waals surface area contributed by atoms with Gasteiger partial charge < -0.3 is 29.2 Å². The van der Waals surface area contributed by atoms with Gasteiger partial charge >= 0.3 is 35.8 Å². The van der Waals surface area contributed by atoms with E-state index in [0.29, 0.717) is 112 Å². The van der Waals surface area contributed by atoms with Gasteiger partial charge in [-0.3, -0.25) is 14.4 Å². The molecule has 0 bridgehead atoms. The van der Waals surface area contributed by atoms with Crippen LogP contribution in [0.1, 0.15) is 376 Å². The second-order valence-electron chi connectivity index (χ2n) is 51.4. The monoisotopic (exact) mass is 1810 g/mol. The van der Waals surface area contributed by atoms with Crippen molar-refractivity contribution in [3.8, 4) is 0 Å². The lowest BCUT2D eigenvalue weighted by Crippen LogP contribution is -2.66. The highest BCUT2D eigenvalue weighted by Gasteiger charge is 2.77. The quantitative estimate of drug-likeness (QED) is 0.0694. The molecule has 0 aliphatic heterocycles. The Bertz CT molecular complexity index is 5020. The Morgan fingerprint density at radius 2 is 0.684 bits per heavy atom. The number of esters is 4. The number of carbonyl (C=O) groups excluding carboxylic acids is 4. The van der Waals surface area contributed by atoms with Crippen LogP contribution in [0.2, 0.25) is 0 Å². The summed E-state index contributed by atoms with van der Waals surface area (Å²) in [4.78, 5) is 76.5. The number of hydrogen-bond acceptors (Lipinski definition) is 10. The van der Waals surface area contributed by atoms with E-state index in [1.165, 1.54) is 163 Å². The topological polar surface area (TPSA) is 180 Å². The maximum atomic E-state index is 14.3. The van der Waals surface area contributed by atoms with E-state index in [2.05, 4.69) is 199 Å². The average molecular weight is 1810 g/mol. The maximum absolute atomic E-state index is 14.3. The molecule has 12 heteroatoms. The van der Waals surface area contributed by atoms with Crippen LogP contribution in [-0.2, 0) is 39.9 Å². The molecule has 0 amide bonds. The first-order chi connectivity index (χ1) is 62.6. The molecule has 0 unspecified atom stereocenters. The van der Waals surface area contributed by atoms with Crippen LogP contribution in [0.5, 0.6) is 0 Å². The van der Waals surface area contributed by atoms with Crippen LogP contribution in [0.3, 0.4) is 0 Å². The van der Waals surface area contributed by atoms with E-state index >= 15 is 0 Å². The van der Waals surface area contributed by atoms with Crippen molar-refractivity contribution in [3.05, 3.63) is 185 Å². The standard InChI is InChI=1S/C45H58O4.2C38H54O4/c1-29(2)33-20-25-45(40(47)49-28-30-12-10-9-11-13-30)27-26-43(6)35(38(33)45)18-19-37-42(5)23-21-34(31-14-16-32(17-15-31)39(46)48-8)41(3,4)36(42)22-24-44(37,43)7;2*1-23(2)26-15-20-38(33(40)41)22-21-36(6)28(31(26)38)13-14-30-35(5)18-16-27(24-9-11-25(12-10-24)32(39)42-8)34(3,4)29(35)17-19-37(30,36)7/h9-17,21,33,35-38H,1,18-20,22-28H2,2-8H3;2*9-12,26-31H,1,13-22H2,2-8H3,(H,40,41)/t33-,35+,36-,37+,38+,42-,43+,44+,45-;26-,27+,28+,29-,30+,31+,35-,36+,37+,38-;26-,27-,28+,29-,30+,31+,35-,36+,37+,38-/m000/s1. The molecule has 15 aliphatic rings. The van der Waals surface area contributed by atoms with Crippen molar-refractivity contribution in [1.29, 1.82) is 0 Å². The van der Waals surface area contributed by atoms with E-state index in [-0.39, 0.29) is 101 Å². The molecule has 0 aromatic heterocycles. The van der Waals surface area contributed by atoms with Gasteiger partial charge in [-0.05, 0) is 437 Å². The largest absolute Gasteiger partial charge is 0.481 e. The fourth-order valence-electron chi connectivity index (χ4n) is 39.5. The molecule has 15 aliphatic carbocycles. The highest BCUT2D eigenvalue weighted by atomic mass is 16.5. The van der Waals surface area contributed by atoms with Gasteiger partial charge in [0.2, 0.25) is 0 Å². The maximum Gasteiger partial charge on any atom is 0.337 e. The molecule has 4 aromatic carbocycles. The number of allylic oxidation sites excluding steroid dienone is 5. The summed E-state index contributed by atoms with van der Waals surface area (Å²) in [5, 5.41) is 21.3. The number of carboxylic acids is 2. The summed E-state index contributed by atoms with van der Waals surface area (Å²) in [7, 11) is 4.31. The van der Waals surface area contributed by atoms with Crippen LogP contribution in [-0.4, -0.2) is 67.4 Å². The van der Waals surface area contributed by atoms with Gasteiger partial charge in [0.05, 0.1) is 54.3 Å². The number of methoxy groups -OCH3 is 3. The molecule has 14 saturated carbocycles. The van der Waals surface area contributed by atoms with Gasteiger partial charge in [-0.15, -0.1) is 0 Å². The Kier molecular flexibility index (Phi) is 24.9. The van der Waals surface area contributed by atoms with E-state index in [1.54, 1.807) is 0 Å². The minimum atomic E-state index is -0.554. The molecule has 19 rings (SSSR count). The average Bonchev–Trinajstić information content (AvgIpc) is 1.57. The van der Waals surface area contributed by atoms with Gasteiger partial charge in [0.1, 0.15) is 6.61 Å². The first kappa shape index (κ1) is 97.3. The molecular formula is C121H166O12. The molecule has 0 spiro atoms. The third-order valence-electron chi connectivity index (χ3n) is 46.4. The predicted octanol–water partition coefficient (Wildman–Crippen LogP) is 29.5. The van der Waals surface area contributed by atoms with Crippen LogP contribution in [0.4, 0.5) is 0 Å². The van der Waals surface area contributed by atoms with E-state index in [1.807, 2.05) is 54.6 Å². The molecule has 4 aromatic rings. The number of carbonyl (C=O) groups is 6. The van der Waals surface area contributed by atoms with Gasteiger partial charge in [0.25, 0.3) is 0 Å². The van der Waals surface area contributed by atoms with Crippen LogP contribution < -0.4 is 0 Å². The van der Waals surface area contributed by atoms with Gasteiger partial charge in [0.15, 0.2) is 0 Å². The number of hydrogen-bond donors (Lipinski definition) is 2. The zero-order valence-corrected chi connectivity index (χ0v) is 85.5. The fourth-order valence-corrected chi connectivity index (χ4v) is 39.5. The summed E-state index contributed by atoms with van der Waals surface area (Å²) in [5.74, 6) is 6.12. The van der Waals surface area contributed by atoms with Crippen molar-refractivity contribution in [2.75, 3.05) is 21.3 Å². The molecule has 0 saturated heterocycles. The van der Waals surface area contributed by atoms with Gasteiger partial charge in [-0.1, -0.05) is 213 Å².